The van der Waals surface area contributed by atoms with Crippen molar-refractivity contribution in [1.82, 2.24) is 15.2 Å². The quantitative estimate of drug-likeness (QED) is 0.357. The SMILES string of the molecule is COc1ccc2c(/C=C/C(=O)O)ccc(C(O)CN3CCC(NCc4ccc5c(c4)OCCN5C)CC3)c2n1. The number of carboxylic acids is 1. The van der Waals surface area contributed by atoms with Gasteiger partial charge in [-0.25, -0.2) is 9.78 Å². The number of β-amino-alcohol motifs (C(OH)–C–C–N with tert-alkyl or cyclic N) is 1. The molecule has 3 heterocycles. The number of aromatic nitrogens is 1. The molecule has 0 spiro atoms. The van der Waals surface area contributed by atoms with Gasteiger partial charge in [-0.1, -0.05) is 18.2 Å². The van der Waals surface area contributed by atoms with E-state index in [1.165, 1.54) is 5.56 Å². The third kappa shape index (κ3) is 6.33. The van der Waals surface area contributed by atoms with E-state index in [4.69, 9.17) is 14.6 Å². The Balaban J connectivity index is 1.19. The van der Waals surface area contributed by atoms with Crippen LogP contribution >= 0.6 is 0 Å². The largest absolute Gasteiger partial charge is 0.490 e. The molecule has 2 aromatic carbocycles. The number of aliphatic hydroxyl groups excluding tert-OH is 1. The van der Waals surface area contributed by atoms with Gasteiger partial charge in [-0.3, -0.25) is 0 Å². The Morgan fingerprint density at radius 2 is 2.03 bits per heavy atom. The Kier molecular flexibility index (Phi) is 8.30. The summed E-state index contributed by atoms with van der Waals surface area (Å²) in [4.78, 5) is 20.1. The van der Waals surface area contributed by atoms with Crippen LogP contribution in [-0.2, 0) is 11.3 Å². The molecule has 39 heavy (non-hydrogen) atoms. The number of likely N-dealkylation sites (tertiary alicyclic amines) is 1. The van der Waals surface area contributed by atoms with Crippen molar-refractivity contribution in [1.29, 1.82) is 0 Å². The van der Waals surface area contributed by atoms with Gasteiger partial charge in [0.25, 0.3) is 0 Å². The second-order valence-electron chi connectivity index (χ2n) is 10.2. The highest BCUT2D eigenvalue weighted by Crippen LogP contribution is 2.32. The van der Waals surface area contributed by atoms with Crippen molar-refractivity contribution in [3.05, 3.63) is 65.2 Å². The van der Waals surface area contributed by atoms with Crippen molar-refractivity contribution in [2.75, 3.05) is 51.8 Å². The topological polar surface area (TPSA) is 107 Å². The summed E-state index contributed by atoms with van der Waals surface area (Å²) in [5.74, 6) is 0.383. The van der Waals surface area contributed by atoms with Crippen molar-refractivity contribution >= 4 is 28.6 Å². The van der Waals surface area contributed by atoms with Crippen LogP contribution in [-0.4, -0.2) is 79.1 Å². The zero-order chi connectivity index (χ0) is 27.4. The Hall–Kier alpha value is -3.66. The molecule has 1 aromatic heterocycles. The first-order valence-electron chi connectivity index (χ1n) is 13.4. The minimum absolute atomic E-state index is 0.421. The van der Waals surface area contributed by atoms with E-state index in [9.17, 15) is 9.90 Å². The Morgan fingerprint density at radius 3 is 2.79 bits per heavy atom. The first-order valence-corrected chi connectivity index (χ1v) is 13.4. The second kappa shape index (κ2) is 12.0. The number of ether oxygens (including phenoxy) is 2. The summed E-state index contributed by atoms with van der Waals surface area (Å²) in [5, 5.41) is 24.7. The molecule has 1 fully saturated rings. The van der Waals surface area contributed by atoms with Gasteiger partial charge in [0.05, 0.1) is 31.0 Å². The molecule has 9 heteroatoms. The second-order valence-corrected chi connectivity index (χ2v) is 10.2. The number of nitrogens with zero attached hydrogens (tertiary/aromatic N) is 3. The fourth-order valence-corrected chi connectivity index (χ4v) is 5.37. The normalized spacial score (nSPS) is 17.3. The third-order valence-corrected chi connectivity index (χ3v) is 7.60. The summed E-state index contributed by atoms with van der Waals surface area (Å²) < 4.78 is 11.2. The summed E-state index contributed by atoms with van der Waals surface area (Å²) in [6.07, 6.45) is 3.92. The summed E-state index contributed by atoms with van der Waals surface area (Å²) in [5.41, 5.74) is 4.41. The van der Waals surface area contributed by atoms with Crippen molar-refractivity contribution in [2.24, 2.45) is 0 Å². The monoisotopic (exact) mass is 532 g/mol. The third-order valence-electron chi connectivity index (χ3n) is 7.60. The van der Waals surface area contributed by atoms with Gasteiger partial charge in [0.1, 0.15) is 12.4 Å². The Labute approximate surface area is 228 Å². The van der Waals surface area contributed by atoms with Crippen LogP contribution in [0.1, 0.15) is 35.6 Å². The summed E-state index contributed by atoms with van der Waals surface area (Å²) in [6, 6.07) is 14.1. The van der Waals surface area contributed by atoms with Crippen LogP contribution in [0.2, 0.25) is 0 Å². The van der Waals surface area contributed by atoms with Gasteiger partial charge in [-0.2, -0.15) is 0 Å². The van der Waals surface area contributed by atoms with Crippen LogP contribution < -0.4 is 19.7 Å². The number of likely N-dealkylation sites (N-methyl/N-ethyl adjacent to an activating group) is 1. The van der Waals surface area contributed by atoms with Crippen LogP contribution in [0.15, 0.2) is 48.5 Å². The van der Waals surface area contributed by atoms with Gasteiger partial charge in [-0.15, -0.1) is 0 Å². The maximum atomic E-state index is 11.2. The van der Waals surface area contributed by atoms with Crippen LogP contribution in [0, 0.1) is 0 Å². The van der Waals surface area contributed by atoms with Gasteiger partial charge in [-0.05, 0) is 61.3 Å². The van der Waals surface area contributed by atoms with Crippen molar-refractivity contribution in [3.8, 4) is 11.6 Å². The minimum Gasteiger partial charge on any atom is -0.490 e. The lowest BCUT2D eigenvalue weighted by atomic mass is 9.98. The fraction of sp³-hybridized carbons (Fsp3) is 0.400. The molecular formula is C30H36N4O5. The highest BCUT2D eigenvalue weighted by Gasteiger charge is 2.23. The molecule has 0 saturated carbocycles. The molecule has 9 nitrogen and oxygen atoms in total. The van der Waals surface area contributed by atoms with Gasteiger partial charge in [0.2, 0.25) is 5.88 Å². The van der Waals surface area contributed by atoms with E-state index < -0.39 is 12.1 Å². The van der Waals surface area contributed by atoms with Gasteiger partial charge in [0.15, 0.2) is 0 Å². The van der Waals surface area contributed by atoms with E-state index in [-0.39, 0.29) is 0 Å². The lowest BCUT2D eigenvalue weighted by Gasteiger charge is -2.34. The highest BCUT2D eigenvalue weighted by atomic mass is 16.5. The van der Waals surface area contributed by atoms with Crippen LogP contribution in [0.3, 0.4) is 0 Å². The number of hydrogen-bond acceptors (Lipinski definition) is 8. The predicted molar refractivity (Wildman–Crippen MR) is 151 cm³/mol. The minimum atomic E-state index is -1.02. The van der Waals surface area contributed by atoms with E-state index in [1.54, 1.807) is 19.3 Å². The average Bonchev–Trinajstić information content (AvgIpc) is 2.95. The zero-order valence-electron chi connectivity index (χ0n) is 22.5. The molecule has 1 saturated heterocycles. The summed E-state index contributed by atoms with van der Waals surface area (Å²) in [7, 11) is 3.64. The molecule has 206 valence electrons. The van der Waals surface area contributed by atoms with E-state index in [1.807, 2.05) is 18.2 Å². The number of benzene rings is 2. The van der Waals surface area contributed by atoms with Crippen LogP contribution in [0.4, 0.5) is 5.69 Å². The molecular weight excluding hydrogens is 496 g/mol. The molecule has 5 rings (SSSR count). The van der Waals surface area contributed by atoms with E-state index >= 15 is 0 Å². The van der Waals surface area contributed by atoms with Gasteiger partial charge < -0.3 is 34.8 Å². The first-order chi connectivity index (χ1) is 18.9. The molecule has 0 radical (unpaired) electrons. The molecule has 2 aliphatic rings. The average molecular weight is 533 g/mol. The van der Waals surface area contributed by atoms with Crippen molar-refractivity contribution < 1.29 is 24.5 Å². The van der Waals surface area contributed by atoms with E-state index in [0.29, 0.717) is 29.5 Å². The number of aliphatic carboxylic acids is 1. The molecule has 1 unspecified atom stereocenters. The van der Waals surface area contributed by atoms with Gasteiger partial charge in [0, 0.05) is 49.3 Å². The molecule has 0 bridgehead atoms. The maximum absolute atomic E-state index is 11.2. The number of methoxy groups -OCH3 is 1. The Bertz CT molecular complexity index is 1350. The number of rotatable bonds is 9. The van der Waals surface area contributed by atoms with Gasteiger partial charge >= 0.3 is 5.97 Å². The number of hydrogen-bond donors (Lipinski definition) is 3. The number of nitrogens with one attached hydrogen (secondary N) is 1. The highest BCUT2D eigenvalue weighted by molar-refractivity contribution is 5.94. The van der Waals surface area contributed by atoms with Crippen LogP contribution in [0.25, 0.3) is 17.0 Å². The number of fused-ring (bicyclic) bond motifs is 2. The first kappa shape index (κ1) is 26.9. The number of pyridine rings is 1. The molecule has 2 aliphatic heterocycles. The molecule has 1 atom stereocenters. The lowest BCUT2D eigenvalue weighted by Crippen LogP contribution is -2.43. The van der Waals surface area contributed by atoms with E-state index in [0.717, 1.165) is 74.1 Å². The number of carbonyl (C=O) groups is 1. The lowest BCUT2D eigenvalue weighted by molar-refractivity contribution is -0.131. The summed E-state index contributed by atoms with van der Waals surface area (Å²) >= 11 is 0. The van der Waals surface area contributed by atoms with E-state index in [2.05, 4.69) is 45.3 Å². The smallest absolute Gasteiger partial charge is 0.328 e. The predicted octanol–water partition coefficient (Wildman–Crippen LogP) is 3.46. The number of anilines is 1. The van der Waals surface area contributed by atoms with Crippen LogP contribution in [0.5, 0.6) is 11.6 Å². The van der Waals surface area contributed by atoms with Crippen molar-refractivity contribution in [2.45, 2.75) is 31.5 Å². The molecule has 3 aromatic rings. The van der Waals surface area contributed by atoms with Crippen molar-refractivity contribution in [3.63, 3.8) is 0 Å². The molecule has 0 amide bonds. The summed E-state index contributed by atoms with van der Waals surface area (Å²) in [6.45, 7) is 4.71. The maximum Gasteiger partial charge on any atom is 0.328 e. The molecule has 0 aliphatic carbocycles. The zero-order valence-corrected chi connectivity index (χ0v) is 22.5. The number of aliphatic hydroxyl groups is 1. The number of carboxylic acid groups (broad SMARTS) is 1. The Morgan fingerprint density at radius 1 is 1.21 bits per heavy atom. The fourth-order valence-electron chi connectivity index (χ4n) is 5.37. The number of piperidine rings is 1. The standard InChI is InChI=1S/C30H36N4O5/c1-33-15-16-39-27-17-20(3-8-25(27)33)18-31-22-11-13-34(14-12-22)19-26(35)24-6-4-21(5-10-29(36)37)23-7-9-28(38-2)32-30(23)24/h3-10,17,22,26,31,35H,11-16,18-19H2,1-2H3,(H,36,37)/b10-5+. The molecule has 3 N–H and O–H groups in total.